The summed E-state index contributed by atoms with van der Waals surface area (Å²) in [6, 6.07) is 10.4. The van der Waals surface area contributed by atoms with Crippen LogP contribution in [0.4, 0.5) is 0 Å². The van der Waals surface area contributed by atoms with Gasteiger partial charge in [-0.1, -0.05) is 18.2 Å². The molecule has 1 saturated heterocycles. The molecule has 0 N–H and O–H groups in total. The molecule has 3 aliphatic carbocycles. The van der Waals surface area contributed by atoms with Crippen LogP contribution in [0.25, 0.3) is 0 Å². The van der Waals surface area contributed by atoms with Gasteiger partial charge in [-0.25, -0.2) is 0 Å². The minimum Gasteiger partial charge on any atom is -0.463 e. The highest BCUT2D eigenvalue weighted by atomic mass is 32.2. The monoisotopic (exact) mass is 388 g/mol. The molecular formula is C21H29BO4S. The summed E-state index contributed by atoms with van der Waals surface area (Å²) in [6.45, 7) is 12.1. The van der Waals surface area contributed by atoms with Crippen molar-refractivity contribution in [3.63, 3.8) is 0 Å². The van der Waals surface area contributed by atoms with Crippen molar-refractivity contribution < 1.29 is 18.8 Å². The van der Waals surface area contributed by atoms with Gasteiger partial charge >= 0.3 is 13.1 Å². The number of hydrogen-bond donors (Lipinski definition) is 0. The van der Waals surface area contributed by atoms with Crippen molar-refractivity contribution in [2.75, 3.05) is 0 Å². The first-order valence-electron chi connectivity index (χ1n) is 9.82. The number of carbonyl (C=O) groups is 1. The fraction of sp³-hybridized carbons (Fsp3) is 0.667. The summed E-state index contributed by atoms with van der Waals surface area (Å²) in [7, 11) is -0.381. The van der Waals surface area contributed by atoms with Crippen molar-refractivity contribution in [2.24, 2.45) is 5.41 Å². The molecule has 4 aliphatic rings. The van der Waals surface area contributed by atoms with E-state index in [2.05, 4.69) is 52.0 Å². The topological polar surface area (TPSA) is 44.8 Å². The van der Waals surface area contributed by atoms with E-state index in [1.165, 1.54) is 4.90 Å². The Bertz CT molecular complexity index is 724. The van der Waals surface area contributed by atoms with Crippen LogP contribution in [0.15, 0.2) is 35.2 Å². The molecule has 1 heterocycles. The van der Waals surface area contributed by atoms with E-state index in [0.29, 0.717) is 0 Å². The Morgan fingerprint density at radius 1 is 1.11 bits per heavy atom. The first kappa shape index (κ1) is 19.3. The summed E-state index contributed by atoms with van der Waals surface area (Å²) in [5, 5.41) is 0. The molecule has 0 spiro atoms. The zero-order chi connectivity index (χ0) is 19.7. The number of ether oxygens (including phenoxy) is 1. The average Bonchev–Trinajstić information content (AvgIpc) is 2.69. The van der Waals surface area contributed by atoms with Gasteiger partial charge in [0.2, 0.25) is 0 Å². The van der Waals surface area contributed by atoms with E-state index in [1.54, 1.807) is 0 Å². The lowest BCUT2D eigenvalue weighted by atomic mass is 9.28. The number of esters is 1. The molecule has 1 atom stereocenters. The number of carbonyl (C=O) groups excluding carboxylic acids is 1. The van der Waals surface area contributed by atoms with E-state index in [0.717, 1.165) is 12.8 Å². The largest absolute Gasteiger partial charge is 0.463 e. The molecule has 0 amide bonds. The summed E-state index contributed by atoms with van der Waals surface area (Å²) < 4.78 is 18.3. The van der Waals surface area contributed by atoms with Crippen LogP contribution in [0.5, 0.6) is 0 Å². The minimum absolute atomic E-state index is 0.0154. The van der Waals surface area contributed by atoms with Crippen LogP contribution in [0.1, 0.15) is 54.4 Å². The Morgan fingerprint density at radius 2 is 1.67 bits per heavy atom. The van der Waals surface area contributed by atoms with E-state index in [9.17, 15) is 4.79 Å². The van der Waals surface area contributed by atoms with Crippen molar-refractivity contribution in [1.82, 2.24) is 0 Å². The van der Waals surface area contributed by atoms with Gasteiger partial charge in [0.15, 0.2) is 0 Å². The first-order chi connectivity index (χ1) is 12.5. The normalized spacial score (nSPS) is 35.5. The maximum absolute atomic E-state index is 12.9. The van der Waals surface area contributed by atoms with Gasteiger partial charge in [-0.2, -0.15) is 0 Å². The molecule has 4 nitrogen and oxygen atoms in total. The number of hydrogen-bond acceptors (Lipinski definition) is 5. The second-order valence-electron chi connectivity index (χ2n) is 9.55. The van der Waals surface area contributed by atoms with Crippen LogP contribution in [0.3, 0.4) is 0 Å². The van der Waals surface area contributed by atoms with Gasteiger partial charge < -0.3 is 14.0 Å². The molecule has 5 rings (SSSR count). The third-order valence-corrected chi connectivity index (χ3v) is 8.21. The minimum atomic E-state index is -0.465. The van der Waals surface area contributed by atoms with Gasteiger partial charge in [0.25, 0.3) is 0 Å². The van der Waals surface area contributed by atoms with Crippen molar-refractivity contribution in [2.45, 2.75) is 87.1 Å². The SMILES string of the molecule is CC(C)OC(=O)C12CC(Sc3ccccc3)(C1)C2B1OC(C)(C)C(C)(C)O1. The molecule has 1 aromatic carbocycles. The molecule has 4 fully saturated rings. The molecule has 3 saturated carbocycles. The first-order valence-corrected chi connectivity index (χ1v) is 10.6. The highest BCUT2D eigenvalue weighted by molar-refractivity contribution is 8.01. The smallest absolute Gasteiger partial charge is 0.463 e. The van der Waals surface area contributed by atoms with Crippen LogP contribution >= 0.6 is 11.8 Å². The van der Waals surface area contributed by atoms with E-state index in [1.807, 2.05) is 31.7 Å². The summed E-state index contributed by atoms with van der Waals surface area (Å²) in [4.78, 5) is 14.2. The standard InChI is InChI=1S/C21H29BO4S/c1-14(2)24-17(23)20-12-21(13-20,27-15-10-8-7-9-11-15)16(20)22-25-18(3,4)19(5,6)26-22/h7-11,14,16H,12-13H2,1-6H3. The quantitative estimate of drug-likeness (QED) is 0.539. The van der Waals surface area contributed by atoms with E-state index in [-0.39, 0.29) is 29.8 Å². The van der Waals surface area contributed by atoms with Crippen LogP contribution < -0.4 is 0 Å². The molecule has 146 valence electrons. The Morgan fingerprint density at radius 3 is 2.19 bits per heavy atom. The fourth-order valence-electron chi connectivity index (χ4n) is 4.69. The van der Waals surface area contributed by atoms with E-state index >= 15 is 0 Å². The average molecular weight is 388 g/mol. The molecule has 2 bridgehead atoms. The highest BCUT2D eigenvalue weighted by Crippen LogP contribution is 2.83. The van der Waals surface area contributed by atoms with Crippen LogP contribution in [-0.4, -0.2) is 35.1 Å². The predicted molar refractivity (Wildman–Crippen MR) is 108 cm³/mol. The zero-order valence-electron chi connectivity index (χ0n) is 17.1. The van der Waals surface area contributed by atoms with Crippen molar-refractivity contribution in [1.29, 1.82) is 0 Å². The van der Waals surface area contributed by atoms with Crippen LogP contribution in [0.2, 0.25) is 5.82 Å². The van der Waals surface area contributed by atoms with Crippen molar-refractivity contribution in [3.8, 4) is 0 Å². The number of rotatable bonds is 5. The summed E-state index contributed by atoms with van der Waals surface area (Å²) in [5.41, 5.74) is -1.27. The maximum atomic E-state index is 12.9. The van der Waals surface area contributed by atoms with Gasteiger partial charge in [-0.3, -0.25) is 4.79 Å². The lowest BCUT2D eigenvalue weighted by Gasteiger charge is -2.74. The Kier molecular flexibility index (Phi) is 4.31. The van der Waals surface area contributed by atoms with E-state index in [4.69, 9.17) is 14.0 Å². The molecule has 0 aromatic heterocycles. The lowest BCUT2D eigenvalue weighted by Crippen LogP contribution is -2.77. The number of benzene rings is 1. The molecular weight excluding hydrogens is 359 g/mol. The van der Waals surface area contributed by atoms with Crippen LogP contribution in [0, 0.1) is 5.41 Å². The summed E-state index contributed by atoms with van der Waals surface area (Å²) in [5.74, 6) is -0.0738. The molecule has 0 radical (unpaired) electrons. The molecule has 1 unspecified atom stereocenters. The Labute approximate surface area is 166 Å². The zero-order valence-corrected chi connectivity index (χ0v) is 17.9. The van der Waals surface area contributed by atoms with Crippen molar-refractivity contribution >= 4 is 24.8 Å². The molecule has 1 aromatic rings. The summed E-state index contributed by atoms with van der Waals surface area (Å²) >= 11 is 1.86. The highest BCUT2D eigenvalue weighted by Gasteiger charge is 2.84. The molecule has 27 heavy (non-hydrogen) atoms. The van der Waals surface area contributed by atoms with Gasteiger partial charge in [0.1, 0.15) is 0 Å². The second kappa shape index (κ2) is 6.01. The molecule has 6 heteroatoms. The van der Waals surface area contributed by atoms with Gasteiger partial charge in [-0.05, 0) is 66.5 Å². The van der Waals surface area contributed by atoms with E-state index < -0.39 is 16.6 Å². The van der Waals surface area contributed by atoms with Crippen LogP contribution in [-0.2, 0) is 18.8 Å². The predicted octanol–water partition coefficient (Wildman–Crippen LogP) is 4.73. The summed E-state index contributed by atoms with van der Waals surface area (Å²) in [6.07, 6.45) is 1.56. The lowest BCUT2D eigenvalue weighted by molar-refractivity contribution is -0.190. The fourth-order valence-corrected chi connectivity index (χ4v) is 6.58. The van der Waals surface area contributed by atoms with Gasteiger partial charge in [0, 0.05) is 15.5 Å². The van der Waals surface area contributed by atoms with Gasteiger partial charge in [0.05, 0.1) is 22.7 Å². The third-order valence-electron chi connectivity index (χ3n) is 6.75. The maximum Gasteiger partial charge on any atom is 0.463 e. The Balaban J connectivity index is 1.61. The van der Waals surface area contributed by atoms with Gasteiger partial charge in [-0.15, -0.1) is 11.8 Å². The Hall–Kier alpha value is -0.975. The third kappa shape index (κ3) is 2.78. The number of thioether (sulfide) groups is 1. The van der Waals surface area contributed by atoms with Crippen molar-refractivity contribution in [3.05, 3.63) is 30.3 Å². The second-order valence-corrected chi connectivity index (χ2v) is 11.0. The molecule has 1 aliphatic heterocycles.